The molecule has 1 aromatic heterocycles. The topological polar surface area (TPSA) is 101 Å². The molecule has 0 aliphatic carbocycles. The van der Waals surface area contributed by atoms with Crippen LogP contribution in [0.25, 0.3) is 10.9 Å². The van der Waals surface area contributed by atoms with Crippen molar-refractivity contribution < 1.29 is 23.9 Å². The minimum absolute atomic E-state index is 0.0798. The summed E-state index contributed by atoms with van der Waals surface area (Å²) < 4.78 is 12.4. The van der Waals surface area contributed by atoms with Gasteiger partial charge in [-0.05, 0) is 67.1 Å². The molecular weight excluding hydrogens is 456 g/mol. The highest BCUT2D eigenvalue weighted by Crippen LogP contribution is 2.31. The highest BCUT2D eigenvalue weighted by atomic mass is 35.5. The number of methoxy groups -OCH3 is 1. The third kappa shape index (κ3) is 4.38. The summed E-state index contributed by atoms with van der Waals surface area (Å²) in [5.74, 6) is -0.899. The van der Waals surface area contributed by atoms with Crippen LogP contribution in [0.5, 0.6) is 11.5 Å². The molecule has 0 bridgehead atoms. The Balaban J connectivity index is 1.76. The van der Waals surface area contributed by atoms with Crippen molar-refractivity contribution in [3.05, 3.63) is 94.1 Å². The van der Waals surface area contributed by atoms with Crippen molar-refractivity contribution >= 4 is 40.3 Å². The Kier molecular flexibility index (Phi) is 6.38. The number of fused-ring (bicyclic) bond motifs is 1. The Bertz CT molecular complexity index is 1420. The van der Waals surface area contributed by atoms with Gasteiger partial charge in [-0.3, -0.25) is 19.0 Å². The van der Waals surface area contributed by atoms with Crippen molar-refractivity contribution in [2.24, 2.45) is 5.73 Å². The van der Waals surface area contributed by atoms with E-state index in [0.717, 1.165) is 0 Å². The second-order valence-corrected chi connectivity index (χ2v) is 8.04. The molecule has 7 nitrogen and oxygen atoms in total. The molecule has 4 rings (SSSR count). The van der Waals surface area contributed by atoms with Crippen LogP contribution in [0.3, 0.4) is 0 Å². The zero-order chi connectivity index (χ0) is 24.4. The Hall–Kier alpha value is -4.10. The van der Waals surface area contributed by atoms with Gasteiger partial charge in [0, 0.05) is 21.7 Å². The van der Waals surface area contributed by atoms with E-state index in [0.29, 0.717) is 38.5 Å². The molecule has 2 N–H and O–H groups in total. The number of halogens is 1. The lowest BCUT2D eigenvalue weighted by Gasteiger charge is -2.09. The first-order valence-corrected chi connectivity index (χ1v) is 10.8. The smallest absolute Gasteiger partial charge is 0.315 e. The van der Waals surface area contributed by atoms with Crippen LogP contribution in [0, 0.1) is 6.92 Å². The number of aromatic nitrogens is 1. The number of primary amides is 1. The van der Waals surface area contributed by atoms with Crippen molar-refractivity contribution in [1.82, 2.24) is 4.57 Å². The third-order valence-electron chi connectivity index (χ3n) is 5.53. The first-order chi connectivity index (χ1) is 16.3. The van der Waals surface area contributed by atoms with E-state index in [1.807, 2.05) is 0 Å². The van der Waals surface area contributed by atoms with Crippen molar-refractivity contribution in [2.45, 2.75) is 13.3 Å². The maximum atomic E-state index is 13.4. The molecular formula is C26H21ClN2O5. The number of nitrogens with zero attached hydrogens (tertiary/aromatic N) is 1. The van der Waals surface area contributed by atoms with Gasteiger partial charge in [-0.15, -0.1) is 0 Å². The zero-order valence-corrected chi connectivity index (χ0v) is 19.3. The molecule has 0 unspecified atom stereocenters. The molecule has 34 heavy (non-hydrogen) atoms. The van der Waals surface area contributed by atoms with Gasteiger partial charge < -0.3 is 15.2 Å². The largest absolute Gasteiger partial charge is 0.497 e. The van der Waals surface area contributed by atoms with Gasteiger partial charge in [0.25, 0.3) is 11.8 Å². The highest BCUT2D eigenvalue weighted by molar-refractivity contribution is 6.30. The molecule has 8 heteroatoms. The third-order valence-corrected chi connectivity index (χ3v) is 5.79. The normalized spacial score (nSPS) is 10.8. The molecule has 3 aromatic carbocycles. The minimum Gasteiger partial charge on any atom is -0.497 e. The average Bonchev–Trinajstić information content (AvgIpc) is 3.09. The number of ether oxygens (including phenoxy) is 2. The molecule has 0 aliphatic rings. The van der Waals surface area contributed by atoms with Crippen molar-refractivity contribution in [1.29, 1.82) is 0 Å². The SMILES string of the molecule is COc1ccc2c(c1)c(CC(=O)Oc1ccccc1C(N)=O)c(C)n2C(=O)c1ccc(Cl)cc1. The van der Waals surface area contributed by atoms with E-state index in [-0.39, 0.29) is 23.6 Å². The van der Waals surface area contributed by atoms with Crippen LogP contribution in [0.1, 0.15) is 32.0 Å². The van der Waals surface area contributed by atoms with Gasteiger partial charge in [0.2, 0.25) is 0 Å². The maximum absolute atomic E-state index is 13.4. The van der Waals surface area contributed by atoms with Crippen molar-refractivity contribution in [2.75, 3.05) is 7.11 Å². The predicted octanol–water partition coefficient (Wildman–Crippen LogP) is 4.55. The summed E-state index contributed by atoms with van der Waals surface area (Å²) in [6.07, 6.45) is -0.135. The van der Waals surface area contributed by atoms with E-state index in [1.165, 1.54) is 12.1 Å². The first kappa shape index (κ1) is 23.1. The fraction of sp³-hybridized carbons (Fsp3) is 0.115. The first-order valence-electron chi connectivity index (χ1n) is 10.4. The quantitative estimate of drug-likeness (QED) is 0.325. The molecule has 1 heterocycles. The van der Waals surface area contributed by atoms with Gasteiger partial charge in [-0.25, -0.2) is 0 Å². The number of nitrogens with two attached hydrogens (primary N) is 1. The Labute approximate surface area is 200 Å². The second kappa shape index (κ2) is 9.41. The zero-order valence-electron chi connectivity index (χ0n) is 18.5. The van der Waals surface area contributed by atoms with Crippen LogP contribution in [0.2, 0.25) is 5.02 Å². The summed E-state index contributed by atoms with van der Waals surface area (Å²) >= 11 is 5.97. The molecule has 172 valence electrons. The Morgan fingerprint density at radius 3 is 2.38 bits per heavy atom. The fourth-order valence-corrected chi connectivity index (χ4v) is 3.98. The number of hydrogen-bond donors (Lipinski definition) is 1. The highest BCUT2D eigenvalue weighted by Gasteiger charge is 2.23. The van der Waals surface area contributed by atoms with Crippen LogP contribution in [-0.4, -0.2) is 29.5 Å². The van der Waals surface area contributed by atoms with Gasteiger partial charge in [-0.1, -0.05) is 23.7 Å². The summed E-state index contributed by atoms with van der Waals surface area (Å²) in [7, 11) is 1.54. The Morgan fingerprint density at radius 2 is 1.71 bits per heavy atom. The van der Waals surface area contributed by atoms with E-state index in [9.17, 15) is 14.4 Å². The second-order valence-electron chi connectivity index (χ2n) is 7.61. The van der Waals surface area contributed by atoms with Crippen LogP contribution in [-0.2, 0) is 11.2 Å². The van der Waals surface area contributed by atoms with E-state index < -0.39 is 11.9 Å². The molecule has 0 spiro atoms. The number of para-hydroxylation sites is 1. The maximum Gasteiger partial charge on any atom is 0.315 e. The average molecular weight is 477 g/mol. The van der Waals surface area contributed by atoms with Gasteiger partial charge in [0.15, 0.2) is 0 Å². The summed E-state index contributed by atoms with van der Waals surface area (Å²) in [6, 6.07) is 18.1. The number of rotatable bonds is 6. The lowest BCUT2D eigenvalue weighted by molar-refractivity contribution is -0.133. The summed E-state index contributed by atoms with van der Waals surface area (Å²) in [5, 5.41) is 1.20. The van der Waals surface area contributed by atoms with Gasteiger partial charge in [0.05, 0.1) is 24.6 Å². The minimum atomic E-state index is -0.700. The predicted molar refractivity (Wildman–Crippen MR) is 129 cm³/mol. The molecule has 0 radical (unpaired) electrons. The molecule has 4 aromatic rings. The van der Waals surface area contributed by atoms with Gasteiger partial charge >= 0.3 is 5.97 Å². The monoisotopic (exact) mass is 476 g/mol. The van der Waals surface area contributed by atoms with Gasteiger partial charge in [-0.2, -0.15) is 0 Å². The number of esters is 1. The fourth-order valence-electron chi connectivity index (χ4n) is 3.86. The van der Waals surface area contributed by atoms with Crippen molar-refractivity contribution in [3.8, 4) is 11.5 Å². The molecule has 0 aliphatic heterocycles. The van der Waals surface area contributed by atoms with E-state index in [1.54, 1.807) is 73.2 Å². The number of carbonyl (C=O) groups excluding carboxylic acids is 3. The van der Waals surface area contributed by atoms with Crippen LogP contribution in [0.4, 0.5) is 0 Å². The molecule has 1 amide bonds. The molecule has 0 fully saturated rings. The van der Waals surface area contributed by atoms with Crippen LogP contribution >= 0.6 is 11.6 Å². The van der Waals surface area contributed by atoms with E-state index >= 15 is 0 Å². The number of hydrogen-bond acceptors (Lipinski definition) is 5. The van der Waals surface area contributed by atoms with Crippen LogP contribution in [0.15, 0.2) is 66.7 Å². The standard InChI is InChI=1S/C26H21ClN2O5/c1-15-20(14-24(30)34-23-6-4-3-5-19(23)25(28)31)21-13-18(33-2)11-12-22(21)29(15)26(32)16-7-9-17(27)10-8-16/h3-13H,14H2,1-2H3,(H2,28,31). The number of amides is 1. The number of carbonyl (C=O) groups is 3. The molecule has 0 atom stereocenters. The van der Waals surface area contributed by atoms with Crippen molar-refractivity contribution in [3.63, 3.8) is 0 Å². The summed E-state index contributed by atoms with van der Waals surface area (Å²) in [4.78, 5) is 37.9. The van der Waals surface area contributed by atoms with E-state index in [2.05, 4.69) is 0 Å². The Morgan fingerprint density at radius 1 is 1.00 bits per heavy atom. The summed E-state index contributed by atoms with van der Waals surface area (Å²) in [5.41, 5.74) is 7.76. The lowest BCUT2D eigenvalue weighted by atomic mass is 10.1. The van der Waals surface area contributed by atoms with Gasteiger partial charge in [0.1, 0.15) is 11.5 Å². The summed E-state index contributed by atoms with van der Waals surface area (Å²) in [6.45, 7) is 1.76. The lowest BCUT2D eigenvalue weighted by Crippen LogP contribution is -2.18. The number of benzene rings is 3. The molecule has 0 saturated carbocycles. The van der Waals surface area contributed by atoms with Crippen LogP contribution < -0.4 is 15.2 Å². The van der Waals surface area contributed by atoms with E-state index in [4.69, 9.17) is 26.8 Å². The molecule has 0 saturated heterocycles.